The van der Waals surface area contributed by atoms with Gasteiger partial charge in [-0.1, -0.05) is 30.4 Å². The Balaban J connectivity index is 1.54. The van der Waals surface area contributed by atoms with Gasteiger partial charge in [0.2, 0.25) is 0 Å². The minimum atomic E-state index is 0.0831. The van der Waals surface area contributed by atoms with Gasteiger partial charge in [-0.25, -0.2) is 0 Å². The van der Waals surface area contributed by atoms with E-state index in [1.54, 1.807) is 7.11 Å². The molecule has 2 heterocycles. The topological polar surface area (TPSA) is 34.1 Å². The predicted octanol–water partition coefficient (Wildman–Crippen LogP) is 3.29. The van der Waals surface area contributed by atoms with E-state index in [0.717, 1.165) is 12.2 Å². The number of rotatable bonds is 4. The summed E-state index contributed by atoms with van der Waals surface area (Å²) in [5.74, 6) is 1.48. The Kier molecular flexibility index (Phi) is 3.23. The second kappa shape index (κ2) is 5.25. The Bertz CT molecular complexity index is 680. The van der Waals surface area contributed by atoms with Crippen LogP contribution in [0.3, 0.4) is 0 Å². The highest BCUT2D eigenvalue weighted by molar-refractivity contribution is 5.35. The van der Waals surface area contributed by atoms with Crippen molar-refractivity contribution < 1.29 is 4.74 Å². The van der Waals surface area contributed by atoms with Gasteiger partial charge in [0.05, 0.1) is 7.11 Å². The maximum absolute atomic E-state index is 5.24. The highest BCUT2D eigenvalue weighted by Crippen LogP contribution is 2.46. The van der Waals surface area contributed by atoms with Crippen LogP contribution in [0.1, 0.15) is 23.6 Å². The van der Waals surface area contributed by atoms with Crippen LogP contribution in [-0.2, 0) is 6.42 Å². The van der Waals surface area contributed by atoms with Gasteiger partial charge in [0.25, 0.3) is 0 Å². The number of ether oxygens (including phenoxy) is 1. The SMILES string of the molecule is COc1ccc(CC23C=CC(C2)C(c2cccnc2)N3)cc1. The van der Waals surface area contributed by atoms with Gasteiger partial charge in [-0.05, 0) is 48.1 Å². The van der Waals surface area contributed by atoms with Gasteiger partial charge in [-0.15, -0.1) is 0 Å². The van der Waals surface area contributed by atoms with Gasteiger partial charge >= 0.3 is 0 Å². The van der Waals surface area contributed by atoms with Gasteiger partial charge in [-0.3, -0.25) is 4.98 Å². The van der Waals surface area contributed by atoms with Crippen LogP contribution in [-0.4, -0.2) is 17.6 Å². The molecule has 2 bridgehead atoms. The van der Waals surface area contributed by atoms with E-state index in [1.165, 1.54) is 17.5 Å². The van der Waals surface area contributed by atoms with Gasteiger partial charge in [0.1, 0.15) is 5.75 Å². The lowest BCUT2D eigenvalue weighted by molar-refractivity contribution is 0.413. The molecule has 3 unspecified atom stereocenters. The molecule has 0 spiro atoms. The molecule has 112 valence electrons. The van der Waals surface area contributed by atoms with Crippen molar-refractivity contribution in [2.75, 3.05) is 7.11 Å². The summed E-state index contributed by atoms with van der Waals surface area (Å²) in [6.45, 7) is 0. The number of methoxy groups -OCH3 is 1. The third-order valence-corrected chi connectivity index (χ3v) is 4.86. The van der Waals surface area contributed by atoms with Crippen molar-refractivity contribution in [2.45, 2.75) is 24.4 Å². The molecular weight excluding hydrogens is 272 g/mol. The van der Waals surface area contributed by atoms with Crippen molar-refractivity contribution in [3.8, 4) is 5.75 Å². The molecular formula is C19H20N2O. The van der Waals surface area contributed by atoms with Gasteiger partial charge < -0.3 is 10.1 Å². The summed E-state index contributed by atoms with van der Waals surface area (Å²) >= 11 is 0. The number of pyridine rings is 1. The number of hydrogen-bond acceptors (Lipinski definition) is 3. The summed E-state index contributed by atoms with van der Waals surface area (Å²) < 4.78 is 5.24. The van der Waals surface area contributed by atoms with Crippen LogP contribution in [0.2, 0.25) is 0 Å². The molecule has 1 aromatic heterocycles. The van der Waals surface area contributed by atoms with Crippen molar-refractivity contribution in [3.05, 3.63) is 72.1 Å². The van der Waals surface area contributed by atoms with E-state index in [4.69, 9.17) is 4.74 Å². The van der Waals surface area contributed by atoms with E-state index in [2.05, 4.69) is 40.7 Å². The summed E-state index contributed by atoms with van der Waals surface area (Å²) in [6, 6.07) is 13.0. The van der Waals surface area contributed by atoms with E-state index in [1.807, 2.05) is 30.6 Å². The maximum atomic E-state index is 5.24. The van der Waals surface area contributed by atoms with E-state index in [-0.39, 0.29) is 5.54 Å². The number of fused-ring (bicyclic) bond motifs is 2. The zero-order chi connectivity index (χ0) is 15.0. The van der Waals surface area contributed by atoms with Crippen molar-refractivity contribution >= 4 is 0 Å². The molecule has 3 nitrogen and oxygen atoms in total. The molecule has 1 aliphatic heterocycles. The van der Waals surface area contributed by atoms with Crippen molar-refractivity contribution in [3.63, 3.8) is 0 Å². The van der Waals surface area contributed by atoms with Crippen LogP contribution < -0.4 is 10.1 Å². The standard InChI is InChI=1S/C19H20N2O/c1-22-17-6-4-14(5-7-17)11-19-9-8-15(12-19)18(21-19)16-3-2-10-20-13-16/h2-10,13,15,18,21H,11-12H2,1H3. The van der Waals surface area contributed by atoms with Crippen LogP contribution in [0, 0.1) is 5.92 Å². The predicted molar refractivity (Wildman–Crippen MR) is 86.8 cm³/mol. The molecule has 22 heavy (non-hydrogen) atoms. The fraction of sp³-hybridized carbons (Fsp3) is 0.316. The normalized spacial score (nSPS) is 29.0. The first-order chi connectivity index (χ1) is 10.8. The molecule has 0 saturated carbocycles. The van der Waals surface area contributed by atoms with E-state index < -0.39 is 0 Å². The largest absolute Gasteiger partial charge is 0.497 e. The van der Waals surface area contributed by atoms with Gasteiger partial charge in [0.15, 0.2) is 0 Å². The molecule has 1 saturated heterocycles. The maximum Gasteiger partial charge on any atom is 0.118 e. The molecule has 3 atom stereocenters. The summed E-state index contributed by atoms with van der Waals surface area (Å²) in [4.78, 5) is 4.26. The van der Waals surface area contributed by atoms with Gasteiger partial charge in [0, 0.05) is 24.0 Å². The number of aromatic nitrogens is 1. The van der Waals surface area contributed by atoms with Crippen molar-refractivity contribution in [2.24, 2.45) is 5.92 Å². The number of nitrogens with one attached hydrogen (secondary N) is 1. The Labute approximate surface area is 131 Å². The molecule has 1 fully saturated rings. The molecule has 2 aromatic rings. The second-order valence-corrected chi connectivity index (χ2v) is 6.32. The average molecular weight is 292 g/mol. The summed E-state index contributed by atoms with van der Waals surface area (Å²) in [7, 11) is 1.70. The van der Waals surface area contributed by atoms with Crippen LogP contribution in [0.4, 0.5) is 0 Å². The van der Waals surface area contributed by atoms with Crippen LogP contribution in [0.5, 0.6) is 5.75 Å². The summed E-state index contributed by atoms with van der Waals surface area (Å²) in [6.07, 6.45) is 10.7. The lowest BCUT2D eigenvalue weighted by Crippen LogP contribution is -2.41. The van der Waals surface area contributed by atoms with E-state index in [9.17, 15) is 0 Å². The molecule has 0 amide bonds. The fourth-order valence-corrected chi connectivity index (χ4v) is 3.80. The molecule has 1 N–H and O–H groups in total. The number of benzene rings is 1. The highest BCUT2D eigenvalue weighted by Gasteiger charge is 2.46. The van der Waals surface area contributed by atoms with E-state index >= 15 is 0 Å². The van der Waals surface area contributed by atoms with Crippen LogP contribution >= 0.6 is 0 Å². The summed E-state index contributed by atoms with van der Waals surface area (Å²) in [5.41, 5.74) is 2.71. The number of hydrogen-bond donors (Lipinski definition) is 1. The number of nitrogens with zero attached hydrogens (tertiary/aromatic N) is 1. The van der Waals surface area contributed by atoms with E-state index in [0.29, 0.717) is 12.0 Å². The smallest absolute Gasteiger partial charge is 0.118 e. The monoisotopic (exact) mass is 292 g/mol. The summed E-state index contributed by atoms with van der Waals surface area (Å²) in [5, 5.41) is 3.84. The first-order valence-electron chi connectivity index (χ1n) is 7.78. The van der Waals surface area contributed by atoms with Crippen molar-refractivity contribution in [1.82, 2.24) is 10.3 Å². The fourth-order valence-electron chi connectivity index (χ4n) is 3.80. The Morgan fingerprint density at radius 2 is 2.14 bits per heavy atom. The average Bonchev–Trinajstić information content (AvgIpc) is 3.14. The molecule has 3 heteroatoms. The van der Waals surface area contributed by atoms with Crippen LogP contribution in [0.25, 0.3) is 0 Å². The Morgan fingerprint density at radius 3 is 2.86 bits per heavy atom. The third kappa shape index (κ3) is 2.32. The first kappa shape index (κ1) is 13.5. The Hall–Kier alpha value is -2.13. The molecule has 1 aromatic carbocycles. The quantitative estimate of drug-likeness (QED) is 0.878. The molecule has 2 aliphatic rings. The third-order valence-electron chi connectivity index (χ3n) is 4.86. The molecule has 1 aliphatic carbocycles. The highest BCUT2D eigenvalue weighted by atomic mass is 16.5. The minimum Gasteiger partial charge on any atom is -0.497 e. The van der Waals surface area contributed by atoms with Crippen LogP contribution in [0.15, 0.2) is 60.9 Å². The molecule has 4 rings (SSSR count). The lowest BCUT2D eigenvalue weighted by atomic mass is 9.91. The zero-order valence-corrected chi connectivity index (χ0v) is 12.7. The molecule has 0 radical (unpaired) electrons. The minimum absolute atomic E-state index is 0.0831. The second-order valence-electron chi connectivity index (χ2n) is 6.32. The zero-order valence-electron chi connectivity index (χ0n) is 12.7. The van der Waals surface area contributed by atoms with Gasteiger partial charge in [-0.2, -0.15) is 0 Å². The first-order valence-corrected chi connectivity index (χ1v) is 7.78. The lowest BCUT2D eigenvalue weighted by Gasteiger charge is -2.28. The van der Waals surface area contributed by atoms with Crippen molar-refractivity contribution in [1.29, 1.82) is 0 Å². The Morgan fingerprint density at radius 1 is 1.27 bits per heavy atom.